The van der Waals surface area contributed by atoms with E-state index in [1.807, 2.05) is 54.3 Å². The summed E-state index contributed by atoms with van der Waals surface area (Å²) in [6.45, 7) is 6.01. The highest BCUT2D eigenvalue weighted by molar-refractivity contribution is 7.10. The molecule has 0 aliphatic rings. The minimum absolute atomic E-state index is 0.0538. The highest BCUT2D eigenvalue weighted by atomic mass is 32.1. The van der Waals surface area contributed by atoms with Gasteiger partial charge >= 0.3 is 0 Å². The molecule has 0 aliphatic carbocycles. The smallest absolute Gasteiger partial charge is 0.254 e. The predicted octanol–water partition coefficient (Wildman–Crippen LogP) is 4.78. The Kier molecular flexibility index (Phi) is 5.39. The maximum atomic E-state index is 13.2. The summed E-state index contributed by atoms with van der Waals surface area (Å²) in [5.41, 5.74) is 5.24. The number of rotatable bonds is 5. The van der Waals surface area contributed by atoms with E-state index in [4.69, 9.17) is 0 Å². The van der Waals surface area contributed by atoms with E-state index in [-0.39, 0.29) is 11.6 Å². The summed E-state index contributed by atoms with van der Waals surface area (Å²) >= 11 is 1.61. The molecule has 1 atom stereocenters. The first-order valence-electron chi connectivity index (χ1n) is 9.75. The van der Waals surface area contributed by atoms with Gasteiger partial charge < -0.3 is 9.13 Å². The van der Waals surface area contributed by atoms with Crippen molar-refractivity contribution in [2.24, 2.45) is 0 Å². The number of thiophene rings is 1. The fraction of sp³-hybridized carbons (Fsp3) is 0.208. The second kappa shape index (κ2) is 8.13. The molecular weight excluding hydrogens is 392 g/mol. The normalized spacial score (nSPS) is 11.9. The first kappa shape index (κ1) is 19.9. The molecule has 30 heavy (non-hydrogen) atoms. The number of imidazole rings is 1. The van der Waals surface area contributed by atoms with Crippen molar-refractivity contribution < 1.29 is 0 Å². The quantitative estimate of drug-likeness (QED) is 0.472. The molecule has 1 aromatic carbocycles. The lowest BCUT2D eigenvalue weighted by Crippen LogP contribution is -2.27. The summed E-state index contributed by atoms with van der Waals surface area (Å²) in [7, 11) is 0. The third kappa shape index (κ3) is 3.85. The molecule has 0 amide bonds. The van der Waals surface area contributed by atoms with Crippen LogP contribution >= 0.6 is 11.3 Å². The monoisotopic (exact) mass is 414 g/mol. The topological polar surface area (TPSA) is 63.6 Å². The van der Waals surface area contributed by atoms with Gasteiger partial charge in [0.25, 0.3) is 5.56 Å². The van der Waals surface area contributed by atoms with Gasteiger partial charge in [-0.2, -0.15) is 5.26 Å². The van der Waals surface area contributed by atoms with Crippen LogP contribution in [0.1, 0.15) is 45.8 Å². The molecule has 5 nitrogen and oxygen atoms in total. The summed E-state index contributed by atoms with van der Waals surface area (Å²) < 4.78 is 3.68. The Morgan fingerprint density at radius 1 is 1.20 bits per heavy atom. The van der Waals surface area contributed by atoms with Crippen molar-refractivity contribution in [1.82, 2.24) is 14.1 Å². The van der Waals surface area contributed by atoms with Gasteiger partial charge in [0.15, 0.2) is 0 Å². The Hall–Kier alpha value is -3.43. The summed E-state index contributed by atoms with van der Waals surface area (Å²) in [4.78, 5) is 18.6. The minimum Gasteiger partial charge on any atom is -0.306 e. The third-order valence-electron chi connectivity index (χ3n) is 5.26. The van der Waals surface area contributed by atoms with Crippen molar-refractivity contribution in [3.05, 3.63) is 104 Å². The zero-order valence-corrected chi connectivity index (χ0v) is 18.0. The van der Waals surface area contributed by atoms with Gasteiger partial charge in [0.05, 0.1) is 23.6 Å². The number of nitriles is 1. The standard InChI is InChI=1S/C24H22N4OS/c1-16-9-19(6-7-22(16)27-13-17(2)26-15-27)10-21-11-20(12-25)14-28(24(21)29)18(3)23-5-4-8-30-23/h4-9,11,13-15,18H,10H2,1-3H3/t18-/m0/s1. The van der Waals surface area contributed by atoms with Crippen LogP contribution in [-0.4, -0.2) is 14.1 Å². The van der Waals surface area contributed by atoms with Crippen LogP contribution in [0.15, 0.2) is 65.3 Å². The number of aromatic nitrogens is 3. The molecule has 0 N–H and O–H groups in total. The molecule has 0 saturated carbocycles. The van der Waals surface area contributed by atoms with Gasteiger partial charge in [0.2, 0.25) is 0 Å². The van der Waals surface area contributed by atoms with Crippen molar-refractivity contribution in [2.75, 3.05) is 0 Å². The molecule has 4 aromatic rings. The van der Waals surface area contributed by atoms with Crippen LogP contribution in [0.4, 0.5) is 0 Å². The van der Waals surface area contributed by atoms with Crippen LogP contribution in [-0.2, 0) is 6.42 Å². The molecule has 0 saturated heterocycles. The van der Waals surface area contributed by atoms with Gasteiger partial charge in [-0.25, -0.2) is 4.98 Å². The van der Waals surface area contributed by atoms with Crippen LogP contribution in [0, 0.1) is 25.2 Å². The SMILES string of the molecule is Cc1cn(-c2ccc(Cc3cc(C#N)cn([C@@H](C)c4cccs4)c3=O)cc2C)cn1. The molecule has 0 unspecified atom stereocenters. The Morgan fingerprint density at radius 3 is 2.67 bits per heavy atom. The van der Waals surface area contributed by atoms with Gasteiger partial charge in [0, 0.05) is 34.9 Å². The fourth-order valence-corrected chi connectivity index (χ4v) is 4.47. The molecule has 0 radical (unpaired) electrons. The van der Waals surface area contributed by atoms with Gasteiger partial charge in [-0.15, -0.1) is 11.3 Å². The van der Waals surface area contributed by atoms with Crippen LogP contribution in [0.5, 0.6) is 0 Å². The van der Waals surface area contributed by atoms with Crippen molar-refractivity contribution in [3.63, 3.8) is 0 Å². The van der Waals surface area contributed by atoms with Crippen molar-refractivity contribution in [3.8, 4) is 11.8 Å². The number of benzene rings is 1. The van der Waals surface area contributed by atoms with Crippen LogP contribution in [0.3, 0.4) is 0 Å². The highest BCUT2D eigenvalue weighted by Crippen LogP contribution is 2.23. The van der Waals surface area contributed by atoms with E-state index in [9.17, 15) is 10.1 Å². The molecule has 3 aromatic heterocycles. The summed E-state index contributed by atoms with van der Waals surface area (Å²) in [6, 6.07) is 14.0. The number of nitrogens with zero attached hydrogens (tertiary/aromatic N) is 4. The Labute approximate surface area is 179 Å². The highest BCUT2D eigenvalue weighted by Gasteiger charge is 2.15. The Bertz CT molecular complexity index is 1290. The van der Waals surface area contributed by atoms with Crippen molar-refractivity contribution >= 4 is 11.3 Å². The average Bonchev–Trinajstić information content (AvgIpc) is 3.41. The second-order valence-electron chi connectivity index (χ2n) is 7.49. The number of hydrogen-bond acceptors (Lipinski definition) is 4. The first-order chi connectivity index (χ1) is 14.5. The Morgan fingerprint density at radius 2 is 2.03 bits per heavy atom. The largest absolute Gasteiger partial charge is 0.306 e. The van der Waals surface area contributed by atoms with Gasteiger partial charge in [0.1, 0.15) is 6.07 Å². The van der Waals surface area contributed by atoms with E-state index in [0.29, 0.717) is 17.5 Å². The zero-order valence-electron chi connectivity index (χ0n) is 17.2. The molecule has 0 spiro atoms. The van der Waals surface area contributed by atoms with Crippen LogP contribution < -0.4 is 5.56 Å². The number of aryl methyl sites for hydroxylation is 2. The van der Waals surface area contributed by atoms with E-state index in [1.54, 1.807) is 34.5 Å². The lowest BCUT2D eigenvalue weighted by molar-refractivity contribution is 0.618. The average molecular weight is 415 g/mol. The molecule has 0 aliphatic heterocycles. The fourth-order valence-electron chi connectivity index (χ4n) is 3.69. The predicted molar refractivity (Wildman–Crippen MR) is 119 cm³/mol. The lowest BCUT2D eigenvalue weighted by atomic mass is 10.0. The van der Waals surface area contributed by atoms with Gasteiger partial charge in [-0.05, 0) is 55.5 Å². The zero-order chi connectivity index (χ0) is 21.3. The Balaban J connectivity index is 1.69. The van der Waals surface area contributed by atoms with E-state index in [1.165, 1.54) is 0 Å². The summed E-state index contributed by atoms with van der Waals surface area (Å²) in [5.74, 6) is 0. The van der Waals surface area contributed by atoms with Gasteiger partial charge in [-0.3, -0.25) is 4.79 Å². The van der Waals surface area contributed by atoms with E-state index < -0.39 is 0 Å². The van der Waals surface area contributed by atoms with E-state index in [0.717, 1.165) is 27.4 Å². The maximum absolute atomic E-state index is 13.2. The summed E-state index contributed by atoms with van der Waals surface area (Å²) in [6.07, 6.45) is 5.93. The minimum atomic E-state index is -0.113. The molecule has 6 heteroatoms. The molecule has 150 valence electrons. The van der Waals surface area contributed by atoms with E-state index >= 15 is 0 Å². The molecule has 3 heterocycles. The van der Waals surface area contributed by atoms with E-state index in [2.05, 4.69) is 24.0 Å². The van der Waals surface area contributed by atoms with Crippen molar-refractivity contribution in [2.45, 2.75) is 33.2 Å². The molecule has 4 rings (SSSR count). The van der Waals surface area contributed by atoms with Crippen molar-refractivity contribution in [1.29, 1.82) is 5.26 Å². The van der Waals surface area contributed by atoms with Crippen LogP contribution in [0.25, 0.3) is 5.69 Å². The number of pyridine rings is 1. The van der Waals surface area contributed by atoms with Crippen LogP contribution in [0.2, 0.25) is 0 Å². The molecule has 0 fully saturated rings. The number of hydrogen-bond donors (Lipinski definition) is 0. The molecule has 0 bridgehead atoms. The second-order valence-corrected chi connectivity index (χ2v) is 8.47. The third-order valence-corrected chi connectivity index (χ3v) is 6.31. The first-order valence-corrected chi connectivity index (χ1v) is 10.6. The summed E-state index contributed by atoms with van der Waals surface area (Å²) in [5, 5.41) is 11.5. The maximum Gasteiger partial charge on any atom is 0.254 e. The van der Waals surface area contributed by atoms with Gasteiger partial charge in [-0.1, -0.05) is 18.2 Å². The lowest BCUT2D eigenvalue weighted by Gasteiger charge is -2.16. The molecular formula is C24H22N4OS.